The molecule has 1 aliphatic heterocycles. The van der Waals surface area contributed by atoms with Gasteiger partial charge in [0.15, 0.2) is 0 Å². The van der Waals surface area contributed by atoms with Gasteiger partial charge in [-0.3, -0.25) is 9.59 Å². The van der Waals surface area contributed by atoms with Gasteiger partial charge in [0.05, 0.1) is 6.02 Å². The van der Waals surface area contributed by atoms with E-state index in [4.69, 9.17) is 10.2 Å². The second-order valence-corrected chi connectivity index (χ2v) is 5.20. The van der Waals surface area contributed by atoms with Crippen molar-refractivity contribution in [2.45, 2.75) is 40.0 Å². The van der Waals surface area contributed by atoms with Crippen molar-refractivity contribution >= 4 is 29.8 Å². The van der Waals surface area contributed by atoms with Crippen molar-refractivity contribution in [2.24, 2.45) is 16.3 Å². The van der Waals surface area contributed by atoms with Crippen LogP contribution in [-0.2, 0) is 19.2 Å². The molecule has 134 valence electrons. The molecular weight excluding hydrogens is 343 g/mol. The van der Waals surface area contributed by atoms with Crippen molar-refractivity contribution in [3.8, 4) is 0 Å². The van der Waals surface area contributed by atoms with Crippen LogP contribution in [-0.4, -0.2) is 40.0 Å². The molecule has 0 aliphatic carbocycles. The normalized spacial score (nSPS) is 20.5. The van der Waals surface area contributed by atoms with Crippen molar-refractivity contribution in [1.82, 2.24) is 5.32 Å². The summed E-state index contributed by atoms with van der Waals surface area (Å²) in [6, 6.07) is -0.845. The summed E-state index contributed by atoms with van der Waals surface area (Å²) in [6.45, 7) is 5.62. The minimum Gasteiger partial charge on any atom is -0.846 e. The molecule has 1 rings (SSSR count). The molecule has 0 fully saturated rings. The zero-order chi connectivity index (χ0) is 18.9. The summed E-state index contributed by atoms with van der Waals surface area (Å²) in [4.78, 5) is 46.2. The molecule has 0 aromatic heterocycles. The first-order chi connectivity index (χ1) is 11.1. The summed E-state index contributed by atoms with van der Waals surface area (Å²) in [5.41, 5.74) is -1.15. The third kappa shape index (κ3) is 7.37. The van der Waals surface area contributed by atoms with E-state index in [1.807, 2.05) is 13.8 Å². The Morgan fingerprint density at radius 3 is 2.04 bits per heavy atom. The third-order valence-electron chi connectivity index (χ3n) is 3.70. The van der Waals surface area contributed by atoms with E-state index in [1.54, 1.807) is 6.92 Å². The zero-order valence-electron chi connectivity index (χ0n) is 14.7. The van der Waals surface area contributed by atoms with Gasteiger partial charge >= 0.3 is 41.5 Å². The number of carboxylic acid groups (broad SMARTS) is 2. The molecule has 0 saturated carbocycles. The van der Waals surface area contributed by atoms with Gasteiger partial charge in [-0.05, 0) is 18.8 Å². The van der Waals surface area contributed by atoms with Gasteiger partial charge in [-0.15, -0.1) is 0 Å². The smallest absolute Gasteiger partial charge is 0.846 e. The molecule has 0 spiro atoms. The summed E-state index contributed by atoms with van der Waals surface area (Å²) < 4.78 is 0. The Kier molecular flexibility index (Phi) is 12.0. The van der Waals surface area contributed by atoms with Crippen LogP contribution < -0.4 is 40.0 Å². The first-order valence-corrected chi connectivity index (χ1v) is 7.37. The van der Waals surface area contributed by atoms with Gasteiger partial charge < -0.3 is 20.6 Å². The molecule has 0 saturated heterocycles. The van der Waals surface area contributed by atoms with E-state index in [1.165, 1.54) is 0 Å². The van der Waals surface area contributed by atoms with E-state index >= 15 is 0 Å². The Morgan fingerprint density at radius 2 is 1.72 bits per heavy atom. The topological polar surface area (TPSA) is 156 Å². The summed E-state index contributed by atoms with van der Waals surface area (Å²) in [5.74, 6) is -3.71. The van der Waals surface area contributed by atoms with Crippen LogP contribution in [0.5, 0.6) is 0 Å². The van der Waals surface area contributed by atoms with Crippen LogP contribution in [0.15, 0.2) is 17.1 Å². The maximum Gasteiger partial charge on any atom is 1.00 e. The Hall–Kier alpha value is -1.71. The van der Waals surface area contributed by atoms with Crippen LogP contribution in [0.3, 0.4) is 0 Å². The van der Waals surface area contributed by atoms with E-state index in [-0.39, 0.29) is 35.5 Å². The molecule has 2 amide bonds. The van der Waals surface area contributed by atoms with Crippen molar-refractivity contribution in [1.29, 1.82) is 0 Å². The largest absolute Gasteiger partial charge is 1.00 e. The Labute approximate surface area is 167 Å². The summed E-state index contributed by atoms with van der Waals surface area (Å²) >= 11 is 0. The molecule has 0 radical (unpaired) electrons. The molecule has 2 atom stereocenters. The molecule has 0 aromatic rings. The maximum absolute atomic E-state index is 11.9. The SMILES string of the molecule is CCCC(C)C1(CC)C(=O)N=C([O-])NC1=O.O=C(O)/C=C/C(=O)O.[Na+]. The predicted octanol–water partition coefficient (Wildman–Crippen LogP) is -3.09. The Morgan fingerprint density at radius 1 is 1.24 bits per heavy atom. The number of carboxylic acids is 2. The van der Waals surface area contributed by atoms with Crippen molar-refractivity contribution < 1.29 is 64.1 Å². The summed E-state index contributed by atoms with van der Waals surface area (Å²) in [6.07, 6.45) is 3.13. The first-order valence-electron chi connectivity index (χ1n) is 7.37. The van der Waals surface area contributed by atoms with Crippen LogP contribution in [0, 0.1) is 11.3 Å². The van der Waals surface area contributed by atoms with Gasteiger partial charge in [0, 0.05) is 12.2 Å². The van der Waals surface area contributed by atoms with Gasteiger partial charge in [0.1, 0.15) is 5.41 Å². The van der Waals surface area contributed by atoms with Crippen LogP contribution in [0.25, 0.3) is 0 Å². The monoisotopic (exact) mass is 364 g/mol. The number of hydrogen-bond donors (Lipinski definition) is 3. The Bertz CT molecular complexity index is 558. The van der Waals surface area contributed by atoms with E-state index < -0.39 is 35.2 Å². The van der Waals surface area contributed by atoms with Crippen molar-refractivity contribution in [2.75, 3.05) is 0 Å². The van der Waals surface area contributed by atoms with Crippen LogP contribution in [0.2, 0.25) is 0 Å². The first kappa shape index (κ1) is 25.5. The second-order valence-electron chi connectivity index (χ2n) is 5.20. The molecule has 10 heteroatoms. The van der Waals surface area contributed by atoms with Gasteiger partial charge in [-0.1, -0.05) is 27.2 Å². The number of hydrogen-bond acceptors (Lipinski definition) is 5. The fourth-order valence-corrected chi connectivity index (χ4v) is 2.44. The summed E-state index contributed by atoms with van der Waals surface area (Å²) in [7, 11) is 0. The number of amides is 2. The van der Waals surface area contributed by atoms with Crippen molar-refractivity contribution in [3.63, 3.8) is 0 Å². The second kappa shape index (κ2) is 11.8. The molecule has 2 unspecified atom stereocenters. The van der Waals surface area contributed by atoms with Crippen LogP contribution in [0.1, 0.15) is 40.0 Å². The number of nitrogens with zero attached hydrogens (tertiary/aromatic N) is 1. The number of amidine groups is 1. The molecule has 0 bridgehead atoms. The molecule has 9 nitrogen and oxygen atoms in total. The summed E-state index contributed by atoms with van der Waals surface area (Å²) in [5, 5.41) is 28.7. The van der Waals surface area contributed by atoms with E-state index in [2.05, 4.69) is 10.3 Å². The Balaban J connectivity index is 0. The predicted molar refractivity (Wildman–Crippen MR) is 81.8 cm³/mol. The quantitative estimate of drug-likeness (QED) is 0.256. The average molecular weight is 364 g/mol. The molecule has 0 aromatic carbocycles. The molecule has 3 N–H and O–H groups in total. The van der Waals surface area contributed by atoms with E-state index in [0.29, 0.717) is 18.6 Å². The third-order valence-corrected chi connectivity index (χ3v) is 3.70. The van der Waals surface area contributed by atoms with Gasteiger partial charge in [0.2, 0.25) is 5.91 Å². The van der Waals surface area contributed by atoms with E-state index in [9.17, 15) is 24.3 Å². The van der Waals surface area contributed by atoms with Gasteiger partial charge in [-0.2, -0.15) is 0 Å². The number of carbonyl (C=O) groups is 4. The number of rotatable bonds is 6. The average Bonchev–Trinajstić information content (AvgIpc) is 2.46. The number of carbonyl (C=O) groups excluding carboxylic acids is 2. The van der Waals surface area contributed by atoms with Crippen molar-refractivity contribution in [3.05, 3.63) is 12.2 Å². The minimum atomic E-state index is -1.26. The maximum atomic E-state index is 11.9. The fraction of sp³-hybridized carbons (Fsp3) is 0.533. The van der Waals surface area contributed by atoms with Gasteiger partial charge in [0.25, 0.3) is 5.91 Å². The number of aliphatic carboxylic acids is 2. The molecule has 25 heavy (non-hydrogen) atoms. The van der Waals surface area contributed by atoms with E-state index in [0.717, 1.165) is 12.8 Å². The standard InChI is InChI=1S/C11H18N2O3.C4H4O4.Na/c1-4-6-7(3)11(5-2)8(14)12-10(16)13-9(11)15;5-3(6)1-2-4(7)8;/h7H,4-6H2,1-3H3,(H2,12,13,14,15,16);1-2H,(H,5,6)(H,7,8);/q;;+1/p-1/b;2-1+;. The molecular formula is C15H21N2NaO7. The zero-order valence-corrected chi connectivity index (χ0v) is 16.7. The van der Waals surface area contributed by atoms with Crippen LogP contribution >= 0.6 is 0 Å². The molecule has 1 heterocycles. The minimum absolute atomic E-state index is 0. The van der Waals surface area contributed by atoms with Crippen LogP contribution in [0.4, 0.5) is 0 Å². The fourth-order valence-electron chi connectivity index (χ4n) is 2.44. The van der Waals surface area contributed by atoms with Gasteiger partial charge in [-0.25, -0.2) is 14.6 Å². The number of nitrogens with one attached hydrogen (secondary N) is 1. The molecule has 1 aliphatic rings. The number of aliphatic imine (C=N–C) groups is 1.